The molecule has 0 bridgehead atoms. The fraction of sp³-hybridized carbons (Fsp3) is 0.154. The second-order valence-electron chi connectivity index (χ2n) is 3.66. The van der Waals surface area contributed by atoms with Gasteiger partial charge in [-0.05, 0) is 42.8 Å². The third kappa shape index (κ3) is 2.74. The molecule has 0 spiro atoms. The van der Waals surface area contributed by atoms with E-state index in [2.05, 4.69) is 17.2 Å². The molecule has 0 aliphatic carbocycles. The van der Waals surface area contributed by atoms with Gasteiger partial charge in [-0.1, -0.05) is 17.7 Å². The van der Waals surface area contributed by atoms with Gasteiger partial charge in [-0.2, -0.15) is 0 Å². The van der Waals surface area contributed by atoms with E-state index in [4.69, 9.17) is 11.6 Å². The van der Waals surface area contributed by atoms with Crippen LogP contribution in [0.2, 0.25) is 5.02 Å². The predicted octanol–water partition coefficient (Wildman–Crippen LogP) is 3.91. The quantitative estimate of drug-likeness (QED) is 0.868. The summed E-state index contributed by atoms with van der Waals surface area (Å²) in [4.78, 5) is 4.00. The first-order valence-corrected chi connectivity index (χ1v) is 5.55. The van der Waals surface area contributed by atoms with Crippen LogP contribution >= 0.6 is 11.6 Å². The molecule has 0 amide bonds. The van der Waals surface area contributed by atoms with Crippen LogP contribution in [0.15, 0.2) is 48.8 Å². The van der Waals surface area contributed by atoms with Gasteiger partial charge in [0.15, 0.2) is 0 Å². The fourth-order valence-electron chi connectivity index (χ4n) is 1.56. The highest BCUT2D eigenvalue weighted by Crippen LogP contribution is 2.21. The Bertz CT molecular complexity index is 456. The summed E-state index contributed by atoms with van der Waals surface area (Å²) < 4.78 is 0. The van der Waals surface area contributed by atoms with Crippen LogP contribution in [-0.4, -0.2) is 4.98 Å². The van der Waals surface area contributed by atoms with Crippen molar-refractivity contribution in [1.29, 1.82) is 0 Å². The number of nitrogens with one attached hydrogen (secondary N) is 1. The summed E-state index contributed by atoms with van der Waals surface area (Å²) in [6.45, 7) is 2.11. The Morgan fingerprint density at radius 1 is 1.19 bits per heavy atom. The van der Waals surface area contributed by atoms with E-state index in [0.29, 0.717) is 0 Å². The van der Waals surface area contributed by atoms with Gasteiger partial charge in [0.25, 0.3) is 0 Å². The van der Waals surface area contributed by atoms with Crippen molar-refractivity contribution < 1.29 is 0 Å². The molecular formula is C13H13ClN2. The number of nitrogens with zero attached hydrogens (tertiary/aromatic N) is 1. The highest BCUT2D eigenvalue weighted by molar-refractivity contribution is 6.30. The Labute approximate surface area is 100 Å². The smallest absolute Gasteiger partial charge is 0.0486 e. The maximum Gasteiger partial charge on any atom is 0.0486 e. The van der Waals surface area contributed by atoms with Gasteiger partial charge in [-0.3, -0.25) is 4.98 Å². The van der Waals surface area contributed by atoms with Crippen molar-refractivity contribution in [3.05, 3.63) is 59.4 Å². The second kappa shape index (κ2) is 4.99. The number of rotatable bonds is 3. The van der Waals surface area contributed by atoms with Gasteiger partial charge < -0.3 is 5.32 Å². The van der Waals surface area contributed by atoms with E-state index in [1.165, 1.54) is 5.56 Å². The zero-order valence-electron chi connectivity index (χ0n) is 9.02. The van der Waals surface area contributed by atoms with Gasteiger partial charge in [0.05, 0.1) is 0 Å². The minimum absolute atomic E-state index is 0.237. The maximum atomic E-state index is 5.92. The molecule has 1 heterocycles. The lowest BCUT2D eigenvalue weighted by atomic mass is 10.1. The van der Waals surface area contributed by atoms with Crippen molar-refractivity contribution in [2.45, 2.75) is 13.0 Å². The average molecular weight is 233 g/mol. The first kappa shape index (κ1) is 11.0. The van der Waals surface area contributed by atoms with Gasteiger partial charge in [-0.15, -0.1) is 0 Å². The number of benzene rings is 1. The second-order valence-corrected chi connectivity index (χ2v) is 4.09. The number of pyridine rings is 1. The average Bonchev–Trinajstić information content (AvgIpc) is 2.30. The molecule has 0 radical (unpaired) electrons. The monoisotopic (exact) mass is 232 g/mol. The first-order valence-electron chi connectivity index (χ1n) is 5.18. The number of hydrogen-bond acceptors (Lipinski definition) is 2. The van der Waals surface area contributed by atoms with Crippen molar-refractivity contribution in [3.8, 4) is 0 Å². The lowest BCUT2D eigenvalue weighted by Crippen LogP contribution is -2.06. The summed E-state index contributed by atoms with van der Waals surface area (Å²) in [7, 11) is 0. The molecule has 1 atom stereocenters. The highest BCUT2D eigenvalue weighted by atomic mass is 35.5. The zero-order valence-corrected chi connectivity index (χ0v) is 9.78. The maximum absolute atomic E-state index is 5.92. The van der Waals surface area contributed by atoms with E-state index < -0.39 is 0 Å². The molecule has 2 nitrogen and oxygen atoms in total. The third-order valence-corrected chi connectivity index (χ3v) is 2.65. The molecule has 0 saturated carbocycles. The van der Waals surface area contributed by atoms with E-state index >= 15 is 0 Å². The largest absolute Gasteiger partial charge is 0.378 e. The van der Waals surface area contributed by atoms with Crippen molar-refractivity contribution in [3.63, 3.8) is 0 Å². The number of hydrogen-bond donors (Lipinski definition) is 1. The molecule has 1 N–H and O–H groups in total. The normalized spacial score (nSPS) is 12.1. The third-order valence-electron chi connectivity index (χ3n) is 2.41. The Balaban J connectivity index is 2.11. The van der Waals surface area contributed by atoms with Crippen LogP contribution in [0, 0.1) is 0 Å². The number of halogens is 1. The fourth-order valence-corrected chi connectivity index (χ4v) is 1.75. The van der Waals surface area contributed by atoms with Crippen LogP contribution in [0.1, 0.15) is 18.5 Å². The molecule has 0 fully saturated rings. The minimum Gasteiger partial charge on any atom is -0.378 e. The molecule has 2 rings (SSSR count). The summed E-state index contributed by atoms with van der Waals surface area (Å²) in [6, 6.07) is 12.0. The molecule has 0 aliphatic heterocycles. The summed E-state index contributed by atoms with van der Waals surface area (Å²) in [5.41, 5.74) is 2.23. The Morgan fingerprint density at radius 3 is 2.62 bits per heavy atom. The van der Waals surface area contributed by atoms with Gasteiger partial charge in [0.1, 0.15) is 0 Å². The van der Waals surface area contributed by atoms with Crippen molar-refractivity contribution in [1.82, 2.24) is 4.98 Å². The van der Waals surface area contributed by atoms with Gasteiger partial charge in [0, 0.05) is 29.1 Å². The molecule has 2 aromatic rings. The number of anilines is 1. The minimum atomic E-state index is 0.237. The molecule has 16 heavy (non-hydrogen) atoms. The Kier molecular flexibility index (Phi) is 3.42. The van der Waals surface area contributed by atoms with E-state index in [0.717, 1.165) is 10.7 Å². The number of aromatic nitrogens is 1. The molecular weight excluding hydrogens is 220 g/mol. The first-order chi connectivity index (χ1) is 7.75. The Morgan fingerprint density at radius 2 is 1.94 bits per heavy atom. The molecule has 1 aromatic carbocycles. The van der Waals surface area contributed by atoms with Crippen LogP contribution < -0.4 is 5.32 Å². The van der Waals surface area contributed by atoms with Crippen molar-refractivity contribution in [2.75, 3.05) is 5.32 Å². The molecule has 1 aromatic heterocycles. The molecule has 0 unspecified atom stereocenters. The van der Waals surface area contributed by atoms with Gasteiger partial charge >= 0.3 is 0 Å². The standard InChI is InChI=1S/C13H13ClN2/c1-10(11-5-7-15-8-6-11)16-13-4-2-3-12(14)9-13/h2-10,16H,1H3/t10-/m0/s1. The van der Waals surface area contributed by atoms with Crippen LogP contribution in [0.3, 0.4) is 0 Å². The Hall–Kier alpha value is -1.54. The topological polar surface area (TPSA) is 24.9 Å². The summed E-state index contributed by atoms with van der Waals surface area (Å²) in [5.74, 6) is 0. The molecule has 0 aliphatic rings. The summed E-state index contributed by atoms with van der Waals surface area (Å²) in [6.07, 6.45) is 3.59. The molecule has 82 valence electrons. The van der Waals surface area contributed by atoms with E-state index in [1.54, 1.807) is 12.4 Å². The van der Waals surface area contributed by atoms with Crippen LogP contribution in [0.4, 0.5) is 5.69 Å². The van der Waals surface area contributed by atoms with Gasteiger partial charge in [-0.25, -0.2) is 0 Å². The van der Waals surface area contributed by atoms with Crippen molar-refractivity contribution in [2.24, 2.45) is 0 Å². The van der Waals surface area contributed by atoms with Crippen LogP contribution in [-0.2, 0) is 0 Å². The van der Waals surface area contributed by atoms with Gasteiger partial charge in [0.2, 0.25) is 0 Å². The highest BCUT2D eigenvalue weighted by Gasteiger charge is 2.04. The van der Waals surface area contributed by atoms with Crippen molar-refractivity contribution >= 4 is 17.3 Å². The zero-order chi connectivity index (χ0) is 11.4. The van der Waals surface area contributed by atoms with E-state index in [1.807, 2.05) is 36.4 Å². The molecule has 0 saturated heterocycles. The van der Waals surface area contributed by atoms with Crippen LogP contribution in [0.5, 0.6) is 0 Å². The van der Waals surface area contributed by atoms with Crippen LogP contribution in [0.25, 0.3) is 0 Å². The van der Waals surface area contributed by atoms with E-state index in [9.17, 15) is 0 Å². The SMILES string of the molecule is C[C@H](Nc1cccc(Cl)c1)c1ccncc1. The molecule has 3 heteroatoms. The predicted molar refractivity (Wildman–Crippen MR) is 67.7 cm³/mol. The lowest BCUT2D eigenvalue weighted by molar-refractivity contribution is 0.881. The summed E-state index contributed by atoms with van der Waals surface area (Å²) >= 11 is 5.92. The van der Waals surface area contributed by atoms with E-state index in [-0.39, 0.29) is 6.04 Å². The summed E-state index contributed by atoms with van der Waals surface area (Å²) in [5, 5.41) is 4.13. The lowest BCUT2D eigenvalue weighted by Gasteiger charge is -2.15.